The van der Waals surface area contributed by atoms with Gasteiger partial charge in [0.25, 0.3) is 0 Å². The van der Waals surface area contributed by atoms with Crippen molar-refractivity contribution in [3.63, 3.8) is 0 Å². The van der Waals surface area contributed by atoms with E-state index in [1.807, 2.05) is 24.3 Å². The van der Waals surface area contributed by atoms with Crippen molar-refractivity contribution >= 4 is 27.9 Å². The Hall–Kier alpha value is -1.56. The molecule has 1 aromatic rings. The first-order valence-electron chi connectivity index (χ1n) is 6.15. The number of nitrogens with zero attached hydrogens (tertiary/aromatic N) is 1. The fourth-order valence-electron chi connectivity index (χ4n) is 2.02. The molecule has 1 aromatic carbocycles. The van der Waals surface area contributed by atoms with Crippen LogP contribution < -0.4 is 11.1 Å². The van der Waals surface area contributed by atoms with Crippen LogP contribution in [-0.2, 0) is 4.79 Å². The summed E-state index contributed by atoms with van der Waals surface area (Å²) < 4.78 is 0.901. The van der Waals surface area contributed by atoms with Crippen molar-refractivity contribution in [3.05, 3.63) is 34.3 Å². The number of likely N-dealkylation sites (tertiary alicyclic amines) is 1. The third kappa shape index (κ3) is 3.70. The second-order valence-corrected chi connectivity index (χ2v) is 5.47. The summed E-state index contributed by atoms with van der Waals surface area (Å²) in [6.45, 7) is 1.61. The van der Waals surface area contributed by atoms with E-state index in [-0.39, 0.29) is 18.4 Å². The van der Waals surface area contributed by atoms with Gasteiger partial charge in [-0.05, 0) is 24.1 Å². The molecule has 0 bridgehead atoms. The maximum absolute atomic E-state index is 12.0. The first-order chi connectivity index (χ1) is 9.06. The highest BCUT2D eigenvalue weighted by atomic mass is 79.9. The van der Waals surface area contributed by atoms with Crippen LogP contribution in [0.4, 0.5) is 4.79 Å². The highest BCUT2D eigenvalue weighted by molar-refractivity contribution is 9.10. The summed E-state index contributed by atoms with van der Waals surface area (Å²) in [5, 5.41) is 2.63. The van der Waals surface area contributed by atoms with E-state index in [9.17, 15) is 9.59 Å². The third-order valence-corrected chi connectivity index (χ3v) is 3.65. The van der Waals surface area contributed by atoms with Crippen LogP contribution in [-0.4, -0.2) is 29.9 Å². The maximum atomic E-state index is 12.0. The number of primary amides is 1. The van der Waals surface area contributed by atoms with Crippen LogP contribution in [0.2, 0.25) is 0 Å². The van der Waals surface area contributed by atoms with E-state index in [1.54, 1.807) is 4.90 Å². The van der Waals surface area contributed by atoms with Crippen LogP contribution in [0.25, 0.3) is 0 Å². The van der Waals surface area contributed by atoms with Crippen molar-refractivity contribution in [1.29, 1.82) is 0 Å². The van der Waals surface area contributed by atoms with E-state index in [0.717, 1.165) is 29.5 Å². The summed E-state index contributed by atoms with van der Waals surface area (Å²) in [7, 11) is 0. The Kier molecular flexibility index (Phi) is 4.42. The highest BCUT2D eigenvalue weighted by Crippen LogP contribution is 2.22. The van der Waals surface area contributed by atoms with Crippen LogP contribution in [0.1, 0.15) is 24.4 Å². The van der Waals surface area contributed by atoms with Gasteiger partial charge in [0.05, 0.1) is 12.5 Å². The minimum absolute atomic E-state index is 0.0463. The summed E-state index contributed by atoms with van der Waals surface area (Å²) >= 11 is 3.38. The number of benzene rings is 1. The van der Waals surface area contributed by atoms with Crippen LogP contribution in [0.15, 0.2) is 28.7 Å². The van der Waals surface area contributed by atoms with Crippen molar-refractivity contribution in [3.8, 4) is 0 Å². The van der Waals surface area contributed by atoms with Crippen LogP contribution >= 0.6 is 15.9 Å². The maximum Gasteiger partial charge on any atom is 0.312 e. The molecule has 1 atom stereocenters. The van der Waals surface area contributed by atoms with Crippen molar-refractivity contribution in [2.45, 2.75) is 18.9 Å². The molecule has 0 spiro atoms. The SMILES string of the molecule is NC(=O)N[C@H](CC(=O)N1CCC1)c1cccc(Br)c1. The number of carbonyl (C=O) groups excluding carboxylic acids is 2. The van der Waals surface area contributed by atoms with Gasteiger partial charge in [0, 0.05) is 17.6 Å². The first-order valence-corrected chi connectivity index (χ1v) is 6.95. The van der Waals surface area contributed by atoms with Gasteiger partial charge < -0.3 is 16.0 Å². The molecule has 0 radical (unpaired) electrons. The average molecular weight is 326 g/mol. The van der Waals surface area contributed by atoms with Crippen LogP contribution in [0.3, 0.4) is 0 Å². The molecule has 102 valence electrons. The van der Waals surface area contributed by atoms with E-state index in [2.05, 4.69) is 21.2 Å². The molecule has 0 saturated carbocycles. The largest absolute Gasteiger partial charge is 0.352 e. The quantitative estimate of drug-likeness (QED) is 0.885. The lowest BCUT2D eigenvalue weighted by Crippen LogP contribution is -2.44. The lowest BCUT2D eigenvalue weighted by molar-refractivity contribution is -0.135. The fourth-order valence-corrected chi connectivity index (χ4v) is 2.43. The molecule has 3 N–H and O–H groups in total. The highest BCUT2D eigenvalue weighted by Gasteiger charge is 2.24. The lowest BCUT2D eigenvalue weighted by Gasteiger charge is -2.32. The molecular formula is C13H16BrN3O2. The molecule has 2 rings (SSSR count). The summed E-state index contributed by atoms with van der Waals surface area (Å²) in [5.41, 5.74) is 6.04. The number of rotatable bonds is 4. The summed E-state index contributed by atoms with van der Waals surface area (Å²) in [6.07, 6.45) is 1.29. The Morgan fingerprint density at radius 3 is 2.68 bits per heavy atom. The Balaban J connectivity index is 2.10. The zero-order valence-electron chi connectivity index (χ0n) is 10.4. The molecule has 1 heterocycles. The number of urea groups is 1. The fraction of sp³-hybridized carbons (Fsp3) is 0.385. The molecule has 0 unspecified atom stereocenters. The van der Waals surface area contributed by atoms with E-state index >= 15 is 0 Å². The van der Waals surface area contributed by atoms with Crippen LogP contribution in [0.5, 0.6) is 0 Å². The smallest absolute Gasteiger partial charge is 0.312 e. The Morgan fingerprint density at radius 1 is 1.42 bits per heavy atom. The van der Waals surface area contributed by atoms with Gasteiger partial charge in [-0.3, -0.25) is 4.79 Å². The van der Waals surface area contributed by atoms with Gasteiger partial charge >= 0.3 is 6.03 Å². The number of nitrogens with two attached hydrogens (primary N) is 1. The van der Waals surface area contributed by atoms with Gasteiger partial charge in [0.1, 0.15) is 0 Å². The van der Waals surface area contributed by atoms with Gasteiger partial charge in [-0.15, -0.1) is 0 Å². The summed E-state index contributed by atoms with van der Waals surface area (Å²) in [6, 6.07) is 6.49. The van der Waals surface area contributed by atoms with E-state index in [0.29, 0.717) is 0 Å². The van der Waals surface area contributed by atoms with Gasteiger partial charge in [0.15, 0.2) is 0 Å². The normalized spacial score (nSPS) is 15.5. The molecular weight excluding hydrogens is 310 g/mol. The molecule has 6 heteroatoms. The first kappa shape index (κ1) is 13.9. The minimum atomic E-state index is -0.624. The second-order valence-electron chi connectivity index (χ2n) is 4.55. The zero-order valence-corrected chi connectivity index (χ0v) is 12.0. The van der Waals surface area contributed by atoms with E-state index in [4.69, 9.17) is 5.73 Å². The van der Waals surface area contributed by atoms with Gasteiger partial charge in [-0.2, -0.15) is 0 Å². The Labute approximate surface area is 120 Å². The molecule has 1 fully saturated rings. The molecule has 1 aliphatic heterocycles. The number of nitrogens with one attached hydrogen (secondary N) is 1. The average Bonchev–Trinajstić information content (AvgIpc) is 2.25. The predicted molar refractivity (Wildman–Crippen MR) is 75.4 cm³/mol. The topological polar surface area (TPSA) is 75.4 Å². The zero-order chi connectivity index (χ0) is 13.8. The molecule has 0 aliphatic carbocycles. The van der Waals surface area contributed by atoms with Crippen molar-refractivity contribution in [1.82, 2.24) is 10.2 Å². The molecule has 19 heavy (non-hydrogen) atoms. The molecule has 1 saturated heterocycles. The van der Waals surface area contributed by atoms with Crippen molar-refractivity contribution in [2.75, 3.05) is 13.1 Å². The molecule has 5 nitrogen and oxygen atoms in total. The number of carbonyl (C=O) groups is 2. The second kappa shape index (κ2) is 6.06. The predicted octanol–water partition coefficient (Wildman–Crippen LogP) is 1.78. The van der Waals surface area contributed by atoms with Gasteiger partial charge in [-0.25, -0.2) is 4.79 Å². The van der Waals surface area contributed by atoms with Crippen molar-refractivity contribution in [2.24, 2.45) is 5.73 Å². The number of hydrogen-bond acceptors (Lipinski definition) is 2. The Bertz CT molecular complexity index is 489. The molecule has 0 aromatic heterocycles. The number of hydrogen-bond donors (Lipinski definition) is 2. The summed E-state index contributed by atoms with van der Waals surface area (Å²) in [5.74, 6) is 0.0463. The molecule has 1 aliphatic rings. The van der Waals surface area contributed by atoms with E-state index < -0.39 is 6.03 Å². The number of amides is 3. The lowest BCUT2D eigenvalue weighted by atomic mass is 10.0. The monoisotopic (exact) mass is 325 g/mol. The number of halogens is 1. The van der Waals surface area contributed by atoms with Crippen LogP contribution in [0, 0.1) is 0 Å². The van der Waals surface area contributed by atoms with E-state index in [1.165, 1.54) is 0 Å². The van der Waals surface area contributed by atoms with Gasteiger partial charge in [0.2, 0.25) is 5.91 Å². The minimum Gasteiger partial charge on any atom is -0.352 e. The molecule has 3 amide bonds. The Morgan fingerprint density at radius 2 is 2.16 bits per heavy atom. The standard InChI is InChI=1S/C13H16BrN3O2/c14-10-4-1-3-9(7-10)11(16-13(15)19)8-12(18)17-5-2-6-17/h1,3-4,7,11H,2,5-6,8H2,(H3,15,16,19)/t11-/m1/s1. The van der Waals surface area contributed by atoms with Gasteiger partial charge in [-0.1, -0.05) is 28.1 Å². The van der Waals surface area contributed by atoms with Crippen molar-refractivity contribution < 1.29 is 9.59 Å². The summed E-state index contributed by atoms with van der Waals surface area (Å²) in [4.78, 5) is 24.9. The third-order valence-electron chi connectivity index (χ3n) is 3.16.